The standard InChI is InChI=1S/C17H21ISi/c1-2-3-14-19(15-18,16-10-6-4-7-11-16)17-12-8-5-9-13-17/h4-13H,2-3,14-15H2,1H3. The predicted octanol–water partition coefficient (Wildman–Crippen LogP) is 4.02. The van der Waals surface area contributed by atoms with Gasteiger partial charge in [0.25, 0.3) is 0 Å². The van der Waals surface area contributed by atoms with Crippen LogP contribution in [0.4, 0.5) is 0 Å². The van der Waals surface area contributed by atoms with Crippen molar-refractivity contribution in [2.75, 3.05) is 4.05 Å². The van der Waals surface area contributed by atoms with Gasteiger partial charge in [-0.25, -0.2) is 0 Å². The molecule has 2 aromatic carbocycles. The Hall–Kier alpha value is -0.613. The molecule has 100 valence electrons. The number of benzene rings is 2. The van der Waals surface area contributed by atoms with Crippen molar-refractivity contribution in [1.29, 1.82) is 0 Å². The molecule has 2 rings (SSSR count). The maximum Gasteiger partial charge on any atom is 0.127 e. The molecule has 19 heavy (non-hydrogen) atoms. The van der Waals surface area contributed by atoms with Gasteiger partial charge in [-0.3, -0.25) is 0 Å². The number of halogens is 1. The van der Waals surface area contributed by atoms with Crippen LogP contribution >= 0.6 is 22.6 Å². The Morgan fingerprint density at radius 1 is 0.842 bits per heavy atom. The highest BCUT2D eigenvalue weighted by atomic mass is 127. The smallest absolute Gasteiger partial charge is 0.0890 e. The van der Waals surface area contributed by atoms with Gasteiger partial charge in [0.15, 0.2) is 0 Å². The molecule has 0 N–H and O–H groups in total. The largest absolute Gasteiger partial charge is 0.127 e. The fourth-order valence-corrected chi connectivity index (χ4v) is 10.4. The van der Waals surface area contributed by atoms with Crippen molar-refractivity contribution in [2.24, 2.45) is 0 Å². The van der Waals surface area contributed by atoms with Crippen molar-refractivity contribution in [3.05, 3.63) is 60.7 Å². The zero-order valence-corrected chi connectivity index (χ0v) is 14.6. The third-order valence-corrected chi connectivity index (χ3v) is 12.3. The van der Waals surface area contributed by atoms with Gasteiger partial charge in [-0.2, -0.15) is 0 Å². The van der Waals surface area contributed by atoms with Crippen molar-refractivity contribution in [2.45, 2.75) is 25.8 Å². The summed E-state index contributed by atoms with van der Waals surface area (Å²) in [4.78, 5) is 0. The van der Waals surface area contributed by atoms with E-state index in [0.717, 1.165) is 0 Å². The molecule has 0 radical (unpaired) electrons. The Bertz CT molecular complexity index is 442. The first kappa shape index (κ1) is 14.8. The third kappa shape index (κ3) is 3.29. The molecule has 0 amide bonds. The highest BCUT2D eigenvalue weighted by Crippen LogP contribution is 2.18. The van der Waals surface area contributed by atoms with Gasteiger partial charge in [0.1, 0.15) is 8.07 Å². The number of alkyl halides is 1. The molecule has 0 atom stereocenters. The van der Waals surface area contributed by atoms with Crippen LogP contribution in [0.1, 0.15) is 19.8 Å². The zero-order valence-electron chi connectivity index (χ0n) is 11.5. The highest BCUT2D eigenvalue weighted by molar-refractivity contribution is 14.1. The van der Waals surface area contributed by atoms with E-state index < -0.39 is 8.07 Å². The summed E-state index contributed by atoms with van der Waals surface area (Å²) < 4.78 is 1.26. The van der Waals surface area contributed by atoms with E-state index in [0.29, 0.717) is 0 Å². The lowest BCUT2D eigenvalue weighted by Crippen LogP contribution is -2.60. The molecule has 0 aliphatic rings. The van der Waals surface area contributed by atoms with Crippen LogP contribution in [-0.2, 0) is 0 Å². The monoisotopic (exact) mass is 380 g/mol. The molecule has 0 nitrogen and oxygen atoms in total. The normalized spacial score (nSPS) is 11.5. The molecule has 0 aromatic heterocycles. The van der Waals surface area contributed by atoms with E-state index in [4.69, 9.17) is 0 Å². The summed E-state index contributed by atoms with van der Waals surface area (Å²) in [7, 11) is -1.56. The molecule has 0 bridgehead atoms. The Labute approximate surface area is 131 Å². The second-order valence-electron chi connectivity index (χ2n) is 5.05. The predicted molar refractivity (Wildman–Crippen MR) is 96.5 cm³/mol. The molecule has 0 heterocycles. The van der Waals surface area contributed by atoms with Gasteiger partial charge >= 0.3 is 0 Å². The van der Waals surface area contributed by atoms with Crippen LogP contribution in [0.25, 0.3) is 0 Å². The zero-order chi connectivity index (χ0) is 13.6. The van der Waals surface area contributed by atoms with E-state index >= 15 is 0 Å². The summed E-state index contributed by atoms with van der Waals surface area (Å²) in [6, 6.07) is 23.7. The fraction of sp³-hybridized carbons (Fsp3) is 0.294. The average molecular weight is 380 g/mol. The second kappa shape index (κ2) is 7.24. The van der Waals surface area contributed by atoms with Crippen molar-refractivity contribution >= 4 is 41.0 Å². The molecule has 0 saturated carbocycles. The first-order valence-electron chi connectivity index (χ1n) is 7.00. The summed E-state index contributed by atoms with van der Waals surface area (Å²) in [5, 5.41) is 3.17. The van der Waals surface area contributed by atoms with Crippen molar-refractivity contribution in [3.63, 3.8) is 0 Å². The summed E-state index contributed by atoms with van der Waals surface area (Å²) >= 11 is 2.61. The van der Waals surface area contributed by atoms with Crippen molar-refractivity contribution < 1.29 is 0 Å². The highest BCUT2D eigenvalue weighted by Gasteiger charge is 2.35. The van der Waals surface area contributed by atoms with Gasteiger partial charge in [0, 0.05) is 4.05 Å². The number of hydrogen-bond donors (Lipinski definition) is 0. The SMILES string of the molecule is CCCC[Si](CI)(c1ccccc1)c1ccccc1. The molecular formula is C17H21ISi. The molecule has 0 unspecified atom stereocenters. The van der Waals surface area contributed by atoms with Crippen LogP contribution in [0.3, 0.4) is 0 Å². The van der Waals surface area contributed by atoms with E-state index in [9.17, 15) is 0 Å². The second-order valence-corrected chi connectivity index (χ2v) is 11.4. The summed E-state index contributed by atoms with van der Waals surface area (Å²) in [5.74, 6) is 0. The summed E-state index contributed by atoms with van der Waals surface area (Å²) in [5.41, 5.74) is 0. The van der Waals surface area contributed by atoms with Crippen molar-refractivity contribution in [1.82, 2.24) is 0 Å². The van der Waals surface area contributed by atoms with Gasteiger partial charge in [-0.05, 0) is 6.04 Å². The van der Waals surface area contributed by atoms with Crippen molar-refractivity contribution in [3.8, 4) is 0 Å². The minimum atomic E-state index is -1.56. The van der Waals surface area contributed by atoms with E-state index in [-0.39, 0.29) is 0 Å². The van der Waals surface area contributed by atoms with E-state index in [1.54, 1.807) is 10.4 Å². The molecule has 0 spiro atoms. The molecule has 0 saturated heterocycles. The number of hydrogen-bond acceptors (Lipinski definition) is 0. The van der Waals surface area contributed by atoms with Crippen LogP contribution in [0.15, 0.2) is 60.7 Å². The Morgan fingerprint density at radius 3 is 1.68 bits per heavy atom. The molecule has 0 aliphatic heterocycles. The first-order valence-corrected chi connectivity index (χ1v) is 10.9. The van der Waals surface area contributed by atoms with Gasteiger partial charge in [0.2, 0.25) is 0 Å². The van der Waals surface area contributed by atoms with Crippen LogP contribution < -0.4 is 10.4 Å². The Morgan fingerprint density at radius 2 is 1.32 bits per heavy atom. The topological polar surface area (TPSA) is 0 Å². The van der Waals surface area contributed by atoms with Gasteiger partial charge < -0.3 is 0 Å². The van der Waals surface area contributed by atoms with Gasteiger partial charge in [-0.15, -0.1) is 0 Å². The quantitative estimate of drug-likeness (QED) is 0.403. The average Bonchev–Trinajstić information content (AvgIpc) is 2.51. The maximum absolute atomic E-state index is 2.61. The summed E-state index contributed by atoms with van der Waals surface area (Å²) in [6.45, 7) is 2.29. The molecule has 2 aromatic rings. The maximum atomic E-state index is 2.61. The molecular weight excluding hydrogens is 359 g/mol. The number of unbranched alkanes of at least 4 members (excludes halogenated alkanes) is 1. The minimum Gasteiger partial charge on any atom is -0.0890 e. The van der Waals surface area contributed by atoms with Crippen LogP contribution in [0.2, 0.25) is 6.04 Å². The van der Waals surface area contributed by atoms with Crippen LogP contribution in [0, 0.1) is 0 Å². The summed E-state index contributed by atoms with van der Waals surface area (Å²) in [6.07, 6.45) is 2.62. The fourth-order valence-electron chi connectivity index (χ4n) is 2.67. The third-order valence-electron chi connectivity index (χ3n) is 3.84. The lowest BCUT2D eigenvalue weighted by molar-refractivity contribution is 0.872. The first-order chi connectivity index (χ1) is 9.33. The molecule has 2 heteroatoms. The lowest BCUT2D eigenvalue weighted by Gasteiger charge is -2.31. The van der Waals surface area contributed by atoms with Crippen LogP contribution in [0.5, 0.6) is 0 Å². The van der Waals surface area contributed by atoms with Crippen LogP contribution in [-0.4, -0.2) is 12.1 Å². The van der Waals surface area contributed by atoms with E-state index in [2.05, 4.69) is 90.2 Å². The molecule has 0 aliphatic carbocycles. The lowest BCUT2D eigenvalue weighted by atomic mass is 10.4. The number of rotatable bonds is 6. The molecule has 0 fully saturated rings. The van der Waals surface area contributed by atoms with E-state index in [1.807, 2.05) is 0 Å². The van der Waals surface area contributed by atoms with E-state index in [1.165, 1.54) is 22.9 Å². The minimum absolute atomic E-state index is 1.26. The Balaban J connectivity index is 2.48. The Kier molecular flexibility index (Phi) is 5.64. The van der Waals surface area contributed by atoms with Gasteiger partial charge in [0.05, 0.1) is 0 Å². The van der Waals surface area contributed by atoms with Gasteiger partial charge in [-0.1, -0.05) is 113 Å².